The second kappa shape index (κ2) is 6.12. The molecule has 0 saturated carbocycles. The first kappa shape index (κ1) is 14.6. The zero-order valence-corrected chi connectivity index (χ0v) is 12.6. The van der Waals surface area contributed by atoms with Crippen molar-refractivity contribution in [3.05, 3.63) is 33.8 Å². The molecule has 1 aromatic rings. The van der Waals surface area contributed by atoms with Crippen molar-refractivity contribution in [3.63, 3.8) is 0 Å². The van der Waals surface area contributed by atoms with Crippen LogP contribution in [0.5, 0.6) is 0 Å². The van der Waals surface area contributed by atoms with E-state index in [0.717, 1.165) is 18.7 Å². The Hall–Kier alpha value is -0.770. The summed E-state index contributed by atoms with van der Waals surface area (Å²) in [6.45, 7) is 4.28. The molecule has 1 aliphatic heterocycles. The molecule has 0 spiro atoms. The van der Waals surface area contributed by atoms with Crippen LogP contribution < -0.4 is 5.32 Å². The second-order valence-electron chi connectivity index (χ2n) is 5.10. The molecule has 5 heteroatoms. The van der Waals surface area contributed by atoms with Crippen LogP contribution in [0.3, 0.4) is 0 Å². The molecule has 1 atom stereocenters. The molecular formula is C14H18Cl2N2O. The van der Waals surface area contributed by atoms with Gasteiger partial charge in [-0.25, -0.2) is 0 Å². The highest BCUT2D eigenvalue weighted by atomic mass is 35.5. The maximum atomic E-state index is 12.3. The van der Waals surface area contributed by atoms with Gasteiger partial charge in [-0.3, -0.25) is 4.79 Å². The molecule has 0 aliphatic carbocycles. The van der Waals surface area contributed by atoms with E-state index < -0.39 is 0 Å². The van der Waals surface area contributed by atoms with Crippen LogP contribution >= 0.6 is 23.2 Å². The van der Waals surface area contributed by atoms with E-state index in [1.807, 2.05) is 6.92 Å². The minimum absolute atomic E-state index is 0.0347. The summed E-state index contributed by atoms with van der Waals surface area (Å²) in [6, 6.07) is 5.39. The van der Waals surface area contributed by atoms with Gasteiger partial charge < -0.3 is 10.2 Å². The summed E-state index contributed by atoms with van der Waals surface area (Å²) in [4.78, 5) is 14.0. The molecule has 1 N–H and O–H groups in total. The van der Waals surface area contributed by atoms with Crippen molar-refractivity contribution in [1.29, 1.82) is 0 Å². The quantitative estimate of drug-likeness (QED) is 0.927. The van der Waals surface area contributed by atoms with Crippen molar-refractivity contribution in [3.8, 4) is 0 Å². The number of nitrogens with zero attached hydrogens (tertiary/aromatic N) is 1. The minimum Gasteiger partial charge on any atom is -0.341 e. The van der Waals surface area contributed by atoms with Gasteiger partial charge in [0.1, 0.15) is 0 Å². The predicted molar refractivity (Wildman–Crippen MR) is 78.5 cm³/mol. The first-order valence-corrected chi connectivity index (χ1v) is 7.15. The number of rotatable bonds is 4. The third-order valence-electron chi connectivity index (χ3n) is 3.74. The molecule has 0 radical (unpaired) electrons. The monoisotopic (exact) mass is 300 g/mol. The Labute approximate surface area is 123 Å². The molecule has 104 valence electrons. The number of amides is 1. The molecular weight excluding hydrogens is 283 g/mol. The number of hydrogen-bond acceptors (Lipinski definition) is 2. The molecule has 1 aliphatic rings. The third-order valence-corrected chi connectivity index (χ3v) is 4.45. The van der Waals surface area contributed by atoms with Crippen LogP contribution in [0.2, 0.25) is 10.0 Å². The maximum Gasteiger partial charge on any atom is 0.225 e. The van der Waals surface area contributed by atoms with Crippen molar-refractivity contribution in [2.24, 2.45) is 11.8 Å². The van der Waals surface area contributed by atoms with Crippen LogP contribution in [-0.4, -0.2) is 30.9 Å². The average molecular weight is 301 g/mol. The Morgan fingerprint density at radius 2 is 2.00 bits per heavy atom. The fourth-order valence-electron chi connectivity index (χ4n) is 2.21. The summed E-state index contributed by atoms with van der Waals surface area (Å²) in [5, 5.41) is 4.39. The molecule has 2 rings (SSSR count). The number of carbonyl (C=O) groups is 1. The van der Waals surface area contributed by atoms with Crippen LogP contribution in [-0.2, 0) is 11.3 Å². The van der Waals surface area contributed by atoms with Crippen molar-refractivity contribution >= 4 is 29.1 Å². The van der Waals surface area contributed by atoms with E-state index in [0.29, 0.717) is 22.5 Å². The standard InChI is InChI=1S/C14H18Cl2N2O/c1-9(10-6-17-7-10)14(19)18(2)8-11-12(15)4-3-5-13(11)16/h3-5,9-10,17H,6-8H2,1-2H3. The van der Waals surface area contributed by atoms with Crippen LogP contribution in [0.25, 0.3) is 0 Å². The summed E-state index contributed by atoms with van der Waals surface area (Å²) in [5.74, 6) is 0.617. The van der Waals surface area contributed by atoms with Gasteiger partial charge in [-0.2, -0.15) is 0 Å². The van der Waals surface area contributed by atoms with Gasteiger partial charge in [0.05, 0.1) is 0 Å². The Morgan fingerprint density at radius 1 is 1.42 bits per heavy atom. The largest absolute Gasteiger partial charge is 0.341 e. The summed E-state index contributed by atoms with van der Waals surface area (Å²) in [6.07, 6.45) is 0. The first-order valence-electron chi connectivity index (χ1n) is 6.39. The molecule has 1 amide bonds. The Kier molecular flexibility index (Phi) is 4.71. The van der Waals surface area contributed by atoms with Gasteiger partial charge in [0, 0.05) is 35.1 Å². The van der Waals surface area contributed by atoms with Gasteiger partial charge in [-0.15, -0.1) is 0 Å². The predicted octanol–water partition coefficient (Wildman–Crippen LogP) is 2.81. The number of carbonyl (C=O) groups excluding carboxylic acids is 1. The highest BCUT2D eigenvalue weighted by Gasteiger charge is 2.30. The second-order valence-corrected chi connectivity index (χ2v) is 5.92. The van der Waals surface area contributed by atoms with Gasteiger partial charge in [-0.05, 0) is 31.1 Å². The highest BCUT2D eigenvalue weighted by molar-refractivity contribution is 6.36. The lowest BCUT2D eigenvalue weighted by atomic mass is 9.88. The van der Waals surface area contributed by atoms with Crippen LogP contribution in [0, 0.1) is 11.8 Å². The molecule has 0 aromatic heterocycles. The Bertz CT molecular complexity index is 454. The van der Waals surface area contributed by atoms with Gasteiger partial charge in [0.25, 0.3) is 0 Å². The zero-order valence-electron chi connectivity index (χ0n) is 11.1. The SMILES string of the molecule is CC(C(=O)N(C)Cc1c(Cl)cccc1Cl)C1CNC1. The van der Waals surface area contributed by atoms with E-state index in [9.17, 15) is 4.79 Å². The molecule has 1 heterocycles. The Morgan fingerprint density at radius 3 is 2.47 bits per heavy atom. The van der Waals surface area contributed by atoms with Crippen molar-refractivity contribution < 1.29 is 4.79 Å². The molecule has 19 heavy (non-hydrogen) atoms. The highest BCUT2D eigenvalue weighted by Crippen LogP contribution is 2.26. The normalized spacial score (nSPS) is 16.8. The van der Waals surface area contributed by atoms with Crippen molar-refractivity contribution in [2.75, 3.05) is 20.1 Å². The lowest BCUT2D eigenvalue weighted by Gasteiger charge is -2.34. The summed E-state index contributed by atoms with van der Waals surface area (Å²) in [5.41, 5.74) is 0.806. The fraction of sp³-hybridized carbons (Fsp3) is 0.500. The summed E-state index contributed by atoms with van der Waals surface area (Å²) < 4.78 is 0. The molecule has 1 fully saturated rings. The maximum absolute atomic E-state index is 12.3. The summed E-state index contributed by atoms with van der Waals surface area (Å²) >= 11 is 12.3. The van der Waals surface area contributed by atoms with Gasteiger partial charge >= 0.3 is 0 Å². The number of nitrogens with one attached hydrogen (secondary N) is 1. The van der Waals surface area contributed by atoms with Gasteiger partial charge in [-0.1, -0.05) is 36.2 Å². The van der Waals surface area contributed by atoms with E-state index in [2.05, 4.69) is 5.32 Å². The molecule has 0 bridgehead atoms. The number of hydrogen-bond donors (Lipinski definition) is 1. The Balaban J connectivity index is 2.03. The lowest BCUT2D eigenvalue weighted by Crippen LogP contribution is -2.49. The van der Waals surface area contributed by atoms with Crippen molar-refractivity contribution in [1.82, 2.24) is 10.2 Å². The smallest absolute Gasteiger partial charge is 0.225 e. The van der Waals surface area contributed by atoms with E-state index in [1.165, 1.54) is 0 Å². The first-order chi connectivity index (χ1) is 9.00. The zero-order chi connectivity index (χ0) is 14.0. The molecule has 1 aromatic carbocycles. The molecule has 3 nitrogen and oxygen atoms in total. The average Bonchev–Trinajstić information content (AvgIpc) is 2.30. The van der Waals surface area contributed by atoms with Gasteiger partial charge in [0.2, 0.25) is 5.91 Å². The van der Waals surface area contributed by atoms with E-state index in [4.69, 9.17) is 23.2 Å². The van der Waals surface area contributed by atoms with Crippen LogP contribution in [0.4, 0.5) is 0 Å². The van der Waals surface area contributed by atoms with E-state index in [-0.39, 0.29) is 11.8 Å². The number of benzene rings is 1. The van der Waals surface area contributed by atoms with E-state index >= 15 is 0 Å². The van der Waals surface area contributed by atoms with Crippen LogP contribution in [0.15, 0.2) is 18.2 Å². The van der Waals surface area contributed by atoms with E-state index in [1.54, 1.807) is 30.1 Å². The molecule has 1 saturated heterocycles. The third kappa shape index (κ3) is 3.22. The minimum atomic E-state index is 0.0347. The summed E-state index contributed by atoms with van der Waals surface area (Å²) in [7, 11) is 1.80. The lowest BCUT2D eigenvalue weighted by molar-refractivity contribution is -0.136. The van der Waals surface area contributed by atoms with Crippen LogP contribution in [0.1, 0.15) is 12.5 Å². The fourth-order valence-corrected chi connectivity index (χ4v) is 2.73. The van der Waals surface area contributed by atoms with Crippen molar-refractivity contribution in [2.45, 2.75) is 13.5 Å². The van der Waals surface area contributed by atoms with Gasteiger partial charge in [0.15, 0.2) is 0 Å². The number of halogens is 2. The molecule has 1 unspecified atom stereocenters. The topological polar surface area (TPSA) is 32.3 Å².